The van der Waals surface area contributed by atoms with E-state index in [1.54, 1.807) is 0 Å². The van der Waals surface area contributed by atoms with Crippen molar-refractivity contribution in [1.82, 2.24) is 5.32 Å². The Labute approximate surface area is 119 Å². The zero-order valence-corrected chi connectivity index (χ0v) is 12.5. The van der Waals surface area contributed by atoms with Gasteiger partial charge in [0.05, 0.1) is 23.4 Å². The molecule has 3 N–H and O–H groups in total. The first-order valence-corrected chi connectivity index (χ1v) is 6.71. The average Bonchev–Trinajstić information content (AvgIpc) is 2.30. The predicted molar refractivity (Wildman–Crippen MR) is 81.4 cm³/mol. The highest BCUT2D eigenvalue weighted by Crippen LogP contribution is 2.27. The van der Waals surface area contributed by atoms with Crippen LogP contribution in [0.3, 0.4) is 0 Å². The van der Waals surface area contributed by atoms with Gasteiger partial charge in [-0.1, -0.05) is 24.6 Å². The number of aliphatic hydroxyl groups is 1. The van der Waals surface area contributed by atoms with Crippen LogP contribution in [-0.2, 0) is 0 Å². The van der Waals surface area contributed by atoms with Crippen molar-refractivity contribution in [3.05, 3.63) is 28.3 Å². The molecule has 0 aliphatic carbocycles. The van der Waals surface area contributed by atoms with E-state index in [2.05, 4.69) is 10.6 Å². The van der Waals surface area contributed by atoms with Gasteiger partial charge in [0.15, 0.2) is 5.11 Å². The summed E-state index contributed by atoms with van der Waals surface area (Å²) in [5.41, 5.74) is 2.97. The van der Waals surface area contributed by atoms with E-state index in [-0.39, 0.29) is 12.6 Å². The van der Waals surface area contributed by atoms with Gasteiger partial charge in [0.2, 0.25) is 0 Å². The normalized spacial score (nSPS) is 12.1. The summed E-state index contributed by atoms with van der Waals surface area (Å²) in [7, 11) is 0. The van der Waals surface area contributed by atoms with Crippen molar-refractivity contribution >= 4 is 34.6 Å². The van der Waals surface area contributed by atoms with Gasteiger partial charge in [0, 0.05) is 0 Å². The molecule has 0 aliphatic rings. The maximum atomic E-state index is 9.11. The zero-order valence-electron chi connectivity index (χ0n) is 10.9. The molecule has 100 valence electrons. The number of rotatable bonds is 4. The van der Waals surface area contributed by atoms with Crippen LogP contribution in [0.5, 0.6) is 0 Å². The molecule has 0 radical (unpaired) electrons. The summed E-state index contributed by atoms with van der Waals surface area (Å²) in [5, 5.41) is 16.4. The summed E-state index contributed by atoms with van der Waals surface area (Å²) in [6, 6.07) is 3.90. The lowest BCUT2D eigenvalue weighted by molar-refractivity contribution is 0.253. The van der Waals surface area contributed by atoms with E-state index in [1.807, 2.05) is 32.9 Å². The van der Waals surface area contributed by atoms with Crippen LogP contribution in [0.15, 0.2) is 12.1 Å². The number of hydrogen-bond acceptors (Lipinski definition) is 2. The van der Waals surface area contributed by atoms with E-state index in [1.165, 1.54) is 0 Å². The fourth-order valence-corrected chi connectivity index (χ4v) is 2.32. The van der Waals surface area contributed by atoms with Crippen LogP contribution in [0.4, 0.5) is 5.69 Å². The SMILES string of the molecule is CC[C@@H](CO)NC(=S)Nc1c(C)cc(C)cc1Cl. The monoisotopic (exact) mass is 286 g/mol. The Kier molecular flexibility index (Phi) is 5.85. The quantitative estimate of drug-likeness (QED) is 0.745. The largest absolute Gasteiger partial charge is 0.394 e. The molecule has 0 saturated heterocycles. The molecular weight excluding hydrogens is 268 g/mol. The Morgan fingerprint density at radius 3 is 2.61 bits per heavy atom. The van der Waals surface area contributed by atoms with Crippen LogP contribution in [0, 0.1) is 13.8 Å². The molecule has 1 aromatic rings. The number of benzene rings is 1. The number of nitrogens with one attached hydrogen (secondary N) is 2. The molecule has 1 rings (SSSR count). The van der Waals surface area contributed by atoms with Crippen LogP contribution in [0.1, 0.15) is 24.5 Å². The van der Waals surface area contributed by atoms with Crippen LogP contribution in [-0.4, -0.2) is 22.9 Å². The molecule has 0 aromatic heterocycles. The van der Waals surface area contributed by atoms with Gasteiger partial charge in [-0.3, -0.25) is 0 Å². The number of thiocarbonyl (C=S) groups is 1. The lowest BCUT2D eigenvalue weighted by atomic mass is 10.1. The van der Waals surface area contributed by atoms with Gasteiger partial charge in [-0.2, -0.15) is 0 Å². The molecule has 5 heteroatoms. The molecule has 0 unspecified atom stereocenters. The van der Waals surface area contributed by atoms with Gasteiger partial charge in [0.1, 0.15) is 0 Å². The van der Waals surface area contributed by atoms with E-state index in [0.717, 1.165) is 23.2 Å². The second-order valence-electron chi connectivity index (χ2n) is 4.32. The lowest BCUT2D eigenvalue weighted by Gasteiger charge is -2.19. The fraction of sp³-hybridized carbons (Fsp3) is 0.462. The Hall–Kier alpha value is -0.840. The van der Waals surface area contributed by atoms with Gasteiger partial charge in [0.25, 0.3) is 0 Å². The van der Waals surface area contributed by atoms with Gasteiger partial charge >= 0.3 is 0 Å². The molecular formula is C13H19ClN2OS. The third-order valence-electron chi connectivity index (χ3n) is 2.72. The molecule has 0 aliphatic heterocycles. The van der Waals surface area contributed by atoms with Crippen molar-refractivity contribution < 1.29 is 5.11 Å². The molecule has 1 atom stereocenters. The minimum Gasteiger partial charge on any atom is -0.394 e. The number of aliphatic hydroxyl groups excluding tert-OH is 1. The Bertz CT molecular complexity index is 410. The van der Waals surface area contributed by atoms with E-state index in [9.17, 15) is 0 Å². The standard InChI is InChI=1S/C13H19ClN2OS/c1-4-10(7-17)15-13(18)16-12-9(3)5-8(2)6-11(12)14/h5-6,10,17H,4,7H2,1-3H3,(H2,15,16,18)/t10-/m0/s1. The first-order chi connectivity index (χ1) is 8.47. The Morgan fingerprint density at radius 1 is 1.44 bits per heavy atom. The molecule has 0 heterocycles. The molecule has 18 heavy (non-hydrogen) atoms. The molecule has 3 nitrogen and oxygen atoms in total. The first kappa shape index (κ1) is 15.2. The maximum Gasteiger partial charge on any atom is 0.171 e. The zero-order chi connectivity index (χ0) is 13.7. The predicted octanol–water partition coefficient (Wildman–Crippen LogP) is 3.01. The summed E-state index contributed by atoms with van der Waals surface area (Å²) in [6.45, 7) is 6.02. The number of hydrogen-bond donors (Lipinski definition) is 3. The second kappa shape index (κ2) is 6.92. The summed E-state index contributed by atoms with van der Waals surface area (Å²) in [4.78, 5) is 0. The molecule has 0 bridgehead atoms. The smallest absolute Gasteiger partial charge is 0.171 e. The van der Waals surface area contributed by atoms with Crippen molar-refractivity contribution in [2.45, 2.75) is 33.2 Å². The van der Waals surface area contributed by atoms with E-state index in [4.69, 9.17) is 28.9 Å². The fourth-order valence-electron chi connectivity index (χ4n) is 1.69. The molecule has 0 saturated carbocycles. The number of anilines is 1. The van der Waals surface area contributed by atoms with Crippen LogP contribution in [0.2, 0.25) is 5.02 Å². The molecule has 0 spiro atoms. The van der Waals surface area contributed by atoms with Gasteiger partial charge in [-0.15, -0.1) is 0 Å². The highest BCUT2D eigenvalue weighted by molar-refractivity contribution is 7.80. The van der Waals surface area contributed by atoms with E-state index < -0.39 is 0 Å². The van der Waals surface area contributed by atoms with Crippen molar-refractivity contribution in [3.63, 3.8) is 0 Å². The second-order valence-corrected chi connectivity index (χ2v) is 5.14. The van der Waals surface area contributed by atoms with Crippen LogP contribution >= 0.6 is 23.8 Å². The van der Waals surface area contributed by atoms with Gasteiger partial charge in [-0.25, -0.2) is 0 Å². The minimum absolute atomic E-state index is 0.0328. The molecule has 0 fully saturated rings. The Balaban J connectivity index is 2.76. The maximum absolute atomic E-state index is 9.11. The first-order valence-electron chi connectivity index (χ1n) is 5.93. The summed E-state index contributed by atoms with van der Waals surface area (Å²) < 4.78 is 0. The van der Waals surface area contributed by atoms with E-state index in [0.29, 0.717) is 10.1 Å². The van der Waals surface area contributed by atoms with Crippen molar-refractivity contribution in [1.29, 1.82) is 0 Å². The molecule has 0 amide bonds. The lowest BCUT2D eigenvalue weighted by Crippen LogP contribution is -2.39. The highest BCUT2D eigenvalue weighted by atomic mass is 35.5. The topological polar surface area (TPSA) is 44.3 Å². The van der Waals surface area contributed by atoms with Crippen molar-refractivity contribution in [2.75, 3.05) is 11.9 Å². The van der Waals surface area contributed by atoms with Gasteiger partial charge < -0.3 is 15.7 Å². The van der Waals surface area contributed by atoms with Crippen LogP contribution in [0.25, 0.3) is 0 Å². The third kappa shape index (κ3) is 4.12. The number of halogens is 1. The molecule has 1 aromatic carbocycles. The number of aryl methyl sites for hydroxylation is 2. The summed E-state index contributed by atoms with van der Waals surface area (Å²) in [6.07, 6.45) is 0.804. The Morgan fingerprint density at radius 2 is 2.11 bits per heavy atom. The summed E-state index contributed by atoms with van der Waals surface area (Å²) in [5.74, 6) is 0. The van der Waals surface area contributed by atoms with Gasteiger partial charge in [-0.05, 0) is 49.7 Å². The minimum atomic E-state index is -0.0328. The van der Waals surface area contributed by atoms with Crippen LogP contribution < -0.4 is 10.6 Å². The van der Waals surface area contributed by atoms with Crippen molar-refractivity contribution in [2.24, 2.45) is 0 Å². The average molecular weight is 287 g/mol. The summed E-state index contributed by atoms with van der Waals surface area (Å²) >= 11 is 11.4. The third-order valence-corrected chi connectivity index (χ3v) is 3.24. The highest BCUT2D eigenvalue weighted by Gasteiger charge is 2.10. The van der Waals surface area contributed by atoms with Crippen molar-refractivity contribution in [3.8, 4) is 0 Å². The van der Waals surface area contributed by atoms with E-state index >= 15 is 0 Å².